The van der Waals surface area contributed by atoms with Crippen LogP contribution in [-0.4, -0.2) is 23.4 Å². The van der Waals surface area contributed by atoms with E-state index in [1.807, 2.05) is 26.8 Å². The van der Waals surface area contributed by atoms with Crippen molar-refractivity contribution in [3.05, 3.63) is 41.0 Å². The second kappa shape index (κ2) is 6.02. The molecule has 25 heavy (non-hydrogen) atoms. The number of ether oxygens (including phenoxy) is 1. The van der Waals surface area contributed by atoms with Gasteiger partial charge in [-0.15, -0.1) is 0 Å². The Bertz CT molecular complexity index is 698. The summed E-state index contributed by atoms with van der Waals surface area (Å²) in [4.78, 5) is 0. The maximum atomic E-state index is 13.5. The largest absolute Gasteiger partial charge is 0.508 e. The van der Waals surface area contributed by atoms with Crippen molar-refractivity contribution in [3.8, 4) is 5.75 Å². The number of hydrogen-bond acceptors (Lipinski definition) is 3. The first-order valence-corrected chi connectivity index (χ1v) is 8.42. The van der Waals surface area contributed by atoms with E-state index in [-0.39, 0.29) is 36.5 Å². The Hall–Kier alpha value is -1.53. The monoisotopic (exact) mass is 356 g/mol. The maximum absolute atomic E-state index is 13.5. The second-order valence-corrected chi connectivity index (χ2v) is 7.41. The van der Waals surface area contributed by atoms with Gasteiger partial charge < -0.3 is 14.9 Å². The van der Waals surface area contributed by atoms with Gasteiger partial charge in [0.1, 0.15) is 5.75 Å². The molecule has 1 heterocycles. The zero-order chi connectivity index (χ0) is 18.6. The number of benzene rings is 1. The number of phenolic OH excluding ortho intramolecular Hbond substituents is 1. The molecule has 0 radical (unpaired) electrons. The fourth-order valence-electron chi connectivity index (χ4n) is 4.61. The summed E-state index contributed by atoms with van der Waals surface area (Å²) in [6.07, 6.45) is -3.29. The van der Waals surface area contributed by atoms with Gasteiger partial charge in [0.2, 0.25) is 0 Å². The van der Waals surface area contributed by atoms with Crippen molar-refractivity contribution in [2.45, 2.75) is 33.1 Å². The third-order valence-corrected chi connectivity index (χ3v) is 6.19. The molecule has 1 saturated heterocycles. The Morgan fingerprint density at radius 2 is 1.96 bits per heavy atom. The minimum absolute atomic E-state index is 0.0221. The molecule has 0 saturated carbocycles. The highest BCUT2D eigenvalue weighted by atomic mass is 19.4. The van der Waals surface area contributed by atoms with Gasteiger partial charge in [-0.05, 0) is 36.5 Å². The van der Waals surface area contributed by atoms with E-state index >= 15 is 0 Å². The first kappa shape index (κ1) is 18.3. The van der Waals surface area contributed by atoms with Crippen LogP contribution in [0.1, 0.15) is 38.0 Å². The lowest BCUT2D eigenvalue weighted by atomic mass is 9.56. The summed E-state index contributed by atoms with van der Waals surface area (Å²) in [7, 11) is 0. The summed E-state index contributed by atoms with van der Waals surface area (Å²) in [5.41, 5.74) is -0.325. The lowest BCUT2D eigenvalue weighted by molar-refractivity contribution is -0.171. The highest BCUT2D eigenvalue weighted by Crippen LogP contribution is 2.57. The van der Waals surface area contributed by atoms with Crippen LogP contribution in [-0.2, 0) is 10.9 Å². The van der Waals surface area contributed by atoms with Gasteiger partial charge in [0.25, 0.3) is 0 Å². The van der Waals surface area contributed by atoms with Crippen LogP contribution in [0, 0.1) is 23.2 Å². The van der Waals surface area contributed by atoms with Crippen LogP contribution in [0.3, 0.4) is 0 Å². The SMILES string of the molecule is CC1=CC(C)C2(CO)COC(c3ccc(O)cc3C(F)(F)F)C1C2C. The Balaban J connectivity index is 2.11. The molecule has 1 aliphatic carbocycles. The van der Waals surface area contributed by atoms with Gasteiger partial charge in [0, 0.05) is 11.3 Å². The molecule has 5 atom stereocenters. The normalized spacial score (nSPS) is 35.4. The summed E-state index contributed by atoms with van der Waals surface area (Å²) in [6, 6.07) is 3.31. The molecule has 1 aromatic rings. The fourth-order valence-corrected chi connectivity index (χ4v) is 4.61. The van der Waals surface area contributed by atoms with Crippen LogP contribution >= 0.6 is 0 Å². The standard InChI is InChI=1S/C19H23F3O3/c1-10-6-11(2)18(8-23)9-25-17(16(10)12(18)3)14-5-4-13(24)7-15(14)19(20,21)22/h4-7,11-12,16-17,23-24H,8-9H2,1-3H3. The third kappa shape index (κ3) is 2.75. The molecule has 6 heteroatoms. The first-order chi connectivity index (χ1) is 11.6. The Morgan fingerprint density at radius 3 is 2.56 bits per heavy atom. The number of aliphatic hydroxyl groups is 1. The molecule has 5 unspecified atom stereocenters. The lowest BCUT2D eigenvalue weighted by Gasteiger charge is -2.55. The van der Waals surface area contributed by atoms with E-state index in [1.165, 1.54) is 12.1 Å². The molecule has 1 aromatic carbocycles. The molecule has 0 amide bonds. The van der Waals surface area contributed by atoms with Gasteiger partial charge in [-0.2, -0.15) is 13.2 Å². The topological polar surface area (TPSA) is 49.7 Å². The number of halogens is 3. The van der Waals surface area contributed by atoms with Crippen LogP contribution in [0.4, 0.5) is 13.2 Å². The highest BCUT2D eigenvalue weighted by Gasteiger charge is 2.54. The van der Waals surface area contributed by atoms with Crippen LogP contribution in [0.25, 0.3) is 0 Å². The van der Waals surface area contributed by atoms with Crippen LogP contribution in [0.15, 0.2) is 29.8 Å². The summed E-state index contributed by atoms with van der Waals surface area (Å²) >= 11 is 0. The van der Waals surface area contributed by atoms with E-state index in [0.29, 0.717) is 0 Å². The summed E-state index contributed by atoms with van der Waals surface area (Å²) < 4.78 is 46.4. The molecular weight excluding hydrogens is 333 g/mol. The maximum Gasteiger partial charge on any atom is 0.416 e. The Kier molecular flexibility index (Phi) is 4.40. The smallest absolute Gasteiger partial charge is 0.416 e. The predicted molar refractivity (Wildman–Crippen MR) is 86.9 cm³/mol. The van der Waals surface area contributed by atoms with Gasteiger partial charge in [0.15, 0.2) is 0 Å². The number of allylic oxidation sites excluding steroid dienone is 1. The summed E-state index contributed by atoms with van der Waals surface area (Å²) in [5.74, 6) is -0.602. The second-order valence-electron chi connectivity index (χ2n) is 7.41. The molecule has 2 bridgehead atoms. The van der Waals surface area contributed by atoms with Crippen LogP contribution < -0.4 is 0 Å². The molecule has 1 fully saturated rings. The zero-order valence-electron chi connectivity index (χ0n) is 14.5. The van der Waals surface area contributed by atoms with Crippen molar-refractivity contribution in [1.82, 2.24) is 0 Å². The van der Waals surface area contributed by atoms with E-state index in [0.717, 1.165) is 11.6 Å². The summed E-state index contributed by atoms with van der Waals surface area (Å²) in [6.45, 7) is 6.04. The predicted octanol–water partition coefficient (Wildman–Crippen LogP) is 4.31. The van der Waals surface area contributed by atoms with Gasteiger partial charge in [-0.3, -0.25) is 0 Å². The van der Waals surface area contributed by atoms with Crippen LogP contribution in [0.2, 0.25) is 0 Å². The zero-order valence-corrected chi connectivity index (χ0v) is 14.5. The molecule has 1 aliphatic heterocycles. The average molecular weight is 356 g/mol. The minimum atomic E-state index is -4.58. The third-order valence-electron chi connectivity index (χ3n) is 6.19. The van der Waals surface area contributed by atoms with E-state index < -0.39 is 29.0 Å². The number of phenols is 1. The number of rotatable bonds is 2. The lowest BCUT2D eigenvalue weighted by Crippen LogP contribution is -2.54. The molecule has 3 nitrogen and oxygen atoms in total. The van der Waals surface area contributed by atoms with Gasteiger partial charge >= 0.3 is 6.18 Å². The van der Waals surface area contributed by atoms with E-state index in [2.05, 4.69) is 0 Å². The van der Waals surface area contributed by atoms with E-state index in [9.17, 15) is 23.4 Å². The number of alkyl halides is 3. The molecule has 0 spiro atoms. The van der Waals surface area contributed by atoms with Crippen molar-refractivity contribution in [2.24, 2.45) is 23.2 Å². The van der Waals surface area contributed by atoms with Crippen molar-refractivity contribution in [1.29, 1.82) is 0 Å². The molecule has 3 rings (SSSR count). The number of fused-ring (bicyclic) bond motifs is 2. The fraction of sp³-hybridized carbons (Fsp3) is 0.579. The number of aromatic hydroxyl groups is 1. The molecule has 2 aliphatic rings. The van der Waals surface area contributed by atoms with Crippen LogP contribution in [0.5, 0.6) is 5.75 Å². The van der Waals surface area contributed by atoms with Crippen molar-refractivity contribution < 1.29 is 28.1 Å². The van der Waals surface area contributed by atoms with Gasteiger partial charge in [-0.25, -0.2) is 0 Å². The highest BCUT2D eigenvalue weighted by molar-refractivity contribution is 5.40. The van der Waals surface area contributed by atoms with Crippen molar-refractivity contribution >= 4 is 0 Å². The molecular formula is C19H23F3O3. The minimum Gasteiger partial charge on any atom is -0.508 e. The number of hydrogen-bond donors (Lipinski definition) is 2. The van der Waals surface area contributed by atoms with Crippen molar-refractivity contribution in [2.75, 3.05) is 13.2 Å². The Morgan fingerprint density at radius 1 is 1.28 bits per heavy atom. The molecule has 0 aromatic heterocycles. The quantitative estimate of drug-likeness (QED) is 0.777. The number of aliphatic hydroxyl groups excluding tert-OH is 1. The first-order valence-electron chi connectivity index (χ1n) is 8.42. The molecule has 138 valence electrons. The van der Waals surface area contributed by atoms with Crippen molar-refractivity contribution in [3.63, 3.8) is 0 Å². The Labute approximate surface area is 145 Å². The van der Waals surface area contributed by atoms with E-state index in [1.54, 1.807) is 0 Å². The summed E-state index contributed by atoms with van der Waals surface area (Å²) in [5, 5.41) is 19.5. The molecule has 2 N–H and O–H groups in total. The van der Waals surface area contributed by atoms with E-state index in [4.69, 9.17) is 4.74 Å². The average Bonchev–Trinajstić information content (AvgIpc) is 2.52. The van der Waals surface area contributed by atoms with Gasteiger partial charge in [-0.1, -0.05) is 31.6 Å². The van der Waals surface area contributed by atoms with Gasteiger partial charge in [0.05, 0.1) is 24.9 Å².